The van der Waals surface area contributed by atoms with Gasteiger partial charge in [0.25, 0.3) is 0 Å². The average Bonchev–Trinajstić information content (AvgIpc) is 2.62. The second-order valence-electron chi connectivity index (χ2n) is 6.44. The van der Waals surface area contributed by atoms with Crippen LogP contribution in [0.1, 0.15) is 24.8 Å². The van der Waals surface area contributed by atoms with E-state index in [1.807, 2.05) is 24.3 Å². The highest BCUT2D eigenvalue weighted by Crippen LogP contribution is 2.44. The SMILES string of the molecule is C=C(C=N/C=C\N)NC(=O)C1(c2ccc(-c3cnc(N)nc3)cc2)CCC1. The van der Waals surface area contributed by atoms with E-state index in [4.69, 9.17) is 11.5 Å². The van der Waals surface area contributed by atoms with Gasteiger partial charge in [-0.05, 0) is 24.0 Å². The molecule has 0 aliphatic heterocycles. The van der Waals surface area contributed by atoms with E-state index in [2.05, 4.69) is 26.9 Å². The number of nitrogens with zero attached hydrogens (tertiary/aromatic N) is 3. The van der Waals surface area contributed by atoms with Crippen molar-refractivity contribution in [2.45, 2.75) is 24.7 Å². The molecule has 1 heterocycles. The molecule has 0 radical (unpaired) electrons. The minimum Gasteiger partial charge on any atom is -0.403 e. The van der Waals surface area contributed by atoms with E-state index in [0.717, 1.165) is 36.0 Å². The van der Waals surface area contributed by atoms with Gasteiger partial charge in [0, 0.05) is 36.6 Å². The number of hydrogen-bond donors (Lipinski definition) is 3. The maximum absolute atomic E-state index is 12.9. The van der Waals surface area contributed by atoms with E-state index in [1.165, 1.54) is 18.6 Å². The molecule has 1 aliphatic rings. The van der Waals surface area contributed by atoms with Crippen LogP contribution in [-0.2, 0) is 10.2 Å². The first-order chi connectivity index (χ1) is 13.0. The highest BCUT2D eigenvalue weighted by molar-refractivity contribution is 5.95. The molecule has 0 saturated heterocycles. The molecule has 1 fully saturated rings. The topological polar surface area (TPSA) is 119 Å². The monoisotopic (exact) mass is 362 g/mol. The van der Waals surface area contributed by atoms with Gasteiger partial charge in [0.1, 0.15) is 0 Å². The molecule has 1 aromatic heterocycles. The van der Waals surface area contributed by atoms with Crippen LogP contribution in [-0.4, -0.2) is 22.1 Å². The second kappa shape index (κ2) is 7.82. The maximum Gasteiger partial charge on any atom is 0.235 e. The third-order valence-corrected chi connectivity index (χ3v) is 4.76. The Bertz CT molecular complexity index is 880. The molecular formula is C20H22N6O. The Morgan fingerprint density at radius 1 is 1.19 bits per heavy atom. The van der Waals surface area contributed by atoms with Gasteiger partial charge in [-0.15, -0.1) is 0 Å². The molecule has 7 heteroatoms. The first-order valence-corrected chi connectivity index (χ1v) is 8.64. The van der Waals surface area contributed by atoms with Crippen molar-refractivity contribution in [3.63, 3.8) is 0 Å². The summed E-state index contributed by atoms with van der Waals surface area (Å²) in [5, 5.41) is 2.84. The predicted molar refractivity (Wildman–Crippen MR) is 107 cm³/mol. The fraction of sp³-hybridized carbons (Fsp3) is 0.200. The van der Waals surface area contributed by atoms with Gasteiger partial charge < -0.3 is 16.8 Å². The van der Waals surface area contributed by atoms with E-state index in [1.54, 1.807) is 12.4 Å². The van der Waals surface area contributed by atoms with Gasteiger partial charge in [0.15, 0.2) is 0 Å². The molecule has 0 spiro atoms. The number of carbonyl (C=O) groups is 1. The second-order valence-corrected chi connectivity index (χ2v) is 6.44. The molecule has 2 aromatic rings. The number of rotatable bonds is 6. The Morgan fingerprint density at radius 2 is 1.85 bits per heavy atom. The lowest BCUT2D eigenvalue weighted by Crippen LogP contribution is -2.48. The van der Waals surface area contributed by atoms with Gasteiger partial charge >= 0.3 is 0 Å². The molecule has 1 saturated carbocycles. The van der Waals surface area contributed by atoms with Crippen molar-refractivity contribution in [1.82, 2.24) is 15.3 Å². The molecule has 0 bridgehead atoms. The Labute approximate surface area is 157 Å². The summed E-state index contributed by atoms with van der Waals surface area (Å²) in [5.41, 5.74) is 13.5. The Morgan fingerprint density at radius 3 is 2.41 bits per heavy atom. The summed E-state index contributed by atoms with van der Waals surface area (Å²) >= 11 is 0. The largest absolute Gasteiger partial charge is 0.403 e. The van der Waals surface area contributed by atoms with Crippen LogP contribution in [0.2, 0.25) is 0 Å². The van der Waals surface area contributed by atoms with E-state index in [0.29, 0.717) is 5.70 Å². The molecule has 0 unspecified atom stereocenters. The molecule has 1 aromatic carbocycles. The molecule has 27 heavy (non-hydrogen) atoms. The van der Waals surface area contributed by atoms with Crippen LogP contribution < -0.4 is 16.8 Å². The number of nitrogens with one attached hydrogen (secondary N) is 1. The molecule has 0 atom stereocenters. The van der Waals surface area contributed by atoms with Crippen molar-refractivity contribution < 1.29 is 4.79 Å². The number of amides is 1. The van der Waals surface area contributed by atoms with Crippen LogP contribution in [0.3, 0.4) is 0 Å². The van der Waals surface area contributed by atoms with Crippen LogP contribution >= 0.6 is 0 Å². The first kappa shape index (κ1) is 18.3. The zero-order valence-electron chi connectivity index (χ0n) is 14.9. The lowest BCUT2D eigenvalue weighted by molar-refractivity contribution is -0.129. The van der Waals surface area contributed by atoms with Crippen LogP contribution in [0.25, 0.3) is 11.1 Å². The number of aliphatic imine (C=N–C) groups is 1. The summed E-state index contributed by atoms with van der Waals surface area (Å²) in [6, 6.07) is 7.91. The minimum absolute atomic E-state index is 0.0644. The fourth-order valence-electron chi connectivity index (χ4n) is 3.13. The summed E-state index contributed by atoms with van der Waals surface area (Å²) in [6.07, 6.45) is 10.2. The summed E-state index contributed by atoms with van der Waals surface area (Å²) in [4.78, 5) is 24.8. The number of carbonyl (C=O) groups excluding carboxylic acids is 1. The number of benzene rings is 1. The summed E-state index contributed by atoms with van der Waals surface area (Å²) in [6.45, 7) is 3.81. The highest BCUT2D eigenvalue weighted by atomic mass is 16.2. The van der Waals surface area contributed by atoms with Gasteiger partial charge in [-0.3, -0.25) is 9.79 Å². The van der Waals surface area contributed by atoms with Gasteiger partial charge in [-0.1, -0.05) is 37.3 Å². The maximum atomic E-state index is 12.9. The van der Waals surface area contributed by atoms with E-state index in [-0.39, 0.29) is 11.9 Å². The molecule has 7 nitrogen and oxygen atoms in total. The third kappa shape index (κ3) is 3.87. The van der Waals surface area contributed by atoms with Crippen LogP contribution in [0.15, 0.2) is 66.3 Å². The molecule has 3 rings (SSSR count). The van der Waals surface area contributed by atoms with E-state index >= 15 is 0 Å². The molecular weight excluding hydrogens is 340 g/mol. The van der Waals surface area contributed by atoms with Crippen molar-refractivity contribution >= 4 is 18.1 Å². The van der Waals surface area contributed by atoms with Gasteiger partial charge in [0.05, 0.1) is 11.1 Å². The highest BCUT2D eigenvalue weighted by Gasteiger charge is 2.45. The standard InChI is InChI=1S/C20H22N6O/c1-14(11-23-10-9-21)26-18(27)20(7-2-8-20)17-5-3-15(4-6-17)16-12-24-19(22)25-13-16/h3-6,9-13H,1-2,7-8,21H2,(H,26,27)(H2,22,24,25)/b10-9-,23-11?. The van der Waals surface area contributed by atoms with Crippen molar-refractivity contribution in [2.24, 2.45) is 10.7 Å². The van der Waals surface area contributed by atoms with Crippen molar-refractivity contribution in [3.8, 4) is 11.1 Å². The quantitative estimate of drug-likeness (QED) is 0.681. The summed E-state index contributed by atoms with van der Waals surface area (Å²) < 4.78 is 0. The normalized spacial score (nSPS) is 15.6. The Kier molecular flexibility index (Phi) is 5.30. The molecule has 5 N–H and O–H groups in total. The van der Waals surface area contributed by atoms with E-state index in [9.17, 15) is 4.79 Å². The van der Waals surface area contributed by atoms with Crippen LogP contribution in [0.4, 0.5) is 5.95 Å². The predicted octanol–water partition coefficient (Wildman–Crippen LogP) is 2.28. The summed E-state index contributed by atoms with van der Waals surface area (Å²) in [5.74, 6) is 0.177. The average molecular weight is 362 g/mol. The summed E-state index contributed by atoms with van der Waals surface area (Å²) in [7, 11) is 0. The number of nitrogens with two attached hydrogens (primary N) is 2. The number of anilines is 1. The number of aromatic nitrogens is 2. The zero-order chi connectivity index (χ0) is 19.3. The number of hydrogen-bond acceptors (Lipinski definition) is 6. The first-order valence-electron chi connectivity index (χ1n) is 8.64. The molecule has 1 amide bonds. The lowest BCUT2D eigenvalue weighted by Gasteiger charge is -2.40. The zero-order valence-corrected chi connectivity index (χ0v) is 14.9. The van der Waals surface area contributed by atoms with Gasteiger partial charge in [-0.2, -0.15) is 0 Å². The molecule has 1 aliphatic carbocycles. The van der Waals surface area contributed by atoms with Crippen molar-refractivity contribution in [3.05, 3.63) is 66.9 Å². The van der Waals surface area contributed by atoms with Gasteiger partial charge in [-0.25, -0.2) is 9.97 Å². The van der Waals surface area contributed by atoms with E-state index < -0.39 is 5.41 Å². The van der Waals surface area contributed by atoms with Gasteiger partial charge in [0.2, 0.25) is 11.9 Å². The van der Waals surface area contributed by atoms with Crippen LogP contribution in [0.5, 0.6) is 0 Å². The van der Waals surface area contributed by atoms with Crippen molar-refractivity contribution in [2.75, 3.05) is 5.73 Å². The number of allylic oxidation sites excluding steroid dienone is 1. The lowest BCUT2D eigenvalue weighted by atomic mass is 9.63. The third-order valence-electron chi connectivity index (χ3n) is 4.76. The smallest absolute Gasteiger partial charge is 0.235 e. The Balaban J connectivity index is 1.77. The van der Waals surface area contributed by atoms with Crippen molar-refractivity contribution in [1.29, 1.82) is 0 Å². The fourth-order valence-corrected chi connectivity index (χ4v) is 3.13. The number of nitrogen functional groups attached to an aromatic ring is 1. The minimum atomic E-state index is -0.531. The molecule has 138 valence electrons. The Hall–Kier alpha value is -3.48. The van der Waals surface area contributed by atoms with Crippen LogP contribution in [0, 0.1) is 0 Å².